The molecule has 5 nitrogen and oxygen atoms in total. The Morgan fingerprint density at radius 3 is 2.78 bits per heavy atom. The minimum atomic E-state index is 0.146. The van der Waals surface area contributed by atoms with Gasteiger partial charge in [-0.05, 0) is 6.42 Å². The maximum absolute atomic E-state index is 5.94. The van der Waals surface area contributed by atoms with Gasteiger partial charge in [0.2, 0.25) is 0 Å². The number of fused-ring (bicyclic) bond motifs is 2. The molecule has 2 heterocycles. The molecule has 1 aliphatic rings. The Balaban J connectivity index is 1.96. The standard InChI is InChI=1S/C13H17N3O2/c1-2-8(14)5-13-15-9-6-11-12(7-10(9)16-13)18-4-3-17-11/h6-8H,2-5,14H2,1H3,(H,15,16). The van der Waals surface area contributed by atoms with Gasteiger partial charge in [0.1, 0.15) is 19.0 Å². The quantitative estimate of drug-likeness (QED) is 0.864. The van der Waals surface area contributed by atoms with Crippen molar-refractivity contribution in [2.24, 2.45) is 5.73 Å². The Morgan fingerprint density at radius 1 is 1.33 bits per heavy atom. The number of hydrogen-bond acceptors (Lipinski definition) is 4. The molecule has 0 saturated heterocycles. The third-order valence-corrected chi connectivity index (χ3v) is 3.17. The van der Waals surface area contributed by atoms with Crippen molar-refractivity contribution in [1.29, 1.82) is 0 Å². The first-order chi connectivity index (χ1) is 8.76. The van der Waals surface area contributed by atoms with Crippen LogP contribution < -0.4 is 15.2 Å². The van der Waals surface area contributed by atoms with Crippen molar-refractivity contribution in [3.63, 3.8) is 0 Å². The van der Waals surface area contributed by atoms with Crippen molar-refractivity contribution >= 4 is 11.0 Å². The monoisotopic (exact) mass is 247 g/mol. The Kier molecular flexibility index (Phi) is 2.83. The van der Waals surface area contributed by atoms with Crippen molar-refractivity contribution in [2.45, 2.75) is 25.8 Å². The maximum Gasteiger partial charge on any atom is 0.163 e. The summed E-state index contributed by atoms with van der Waals surface area (Å²) in [6.45, 7) is 3.27. The van der Waals surface area contributed by atoms with Crippen molar-refractivity contribution in [3.05, 3.63) is 18.0 Å². The normalized spacial score (nSPS) is 15.9. The van der Waals surface area contributed by atoms with E-state index in [0.717, 1.165) is 41.2 Å². The lowest BCUT2D eigenvalue weighted by molar-refractivity contribution is 0.172. The van der Waals surface area contributed by atoms with E-state index >= 15 is 0 Å². The second kappa shape index (κ2) is 4.49. The van der Waals surface area contributed by atoms with Crippen molar-refractivity contribution in [3.8, 4) is 11.5 Å². The van der Waals surface area contributed by atoms with Crippen molar-refractivity contribution in [1.82, 2.24) is 9.97 Å². The van der Waals surface area contributed by atoms with E-state index in [2.05, 4.69) is 16.9 Å². The number of hydrogen-bond donors (Lipinski definition) is 2. The van der Waals surface area contributed by atoms with Gasteiger partial charge in [-0.2, -0.15) is 0 Å². The third-order valence-electron chi connectivity index (χ3n) is 3.17. The Bertz CT molecular complexity index is 522. The van der Waals surface area contributed by atoms with Crippen LogP contribution in [0, 0.1) is 0 Å². The van der Waals surface area contributed by atoms with Crippen LogP contribution in [0.15, 0.2) is 12.1 Å². The van der Waals surface area contributed by atoms with Crippen molar-refractivity contribution < 1.29 is 9.47 Å². The van der Waals surface area contributed by atoms with Crippen LogP contribution in [-0.2, 0) is 6.42 Å². The van der Waals surface area contributed by atoms with Gasteiger partial charge in [-0.15, -0.1) is 0 Å². The lowest BCUT2D eigenvalue weighted by Gasteiger charge is -2.17. The number of nitrogens with two attached hydrogens (primary N) is 1. The molecule has 1 aromatic carbocycles. The summed E-state index contributed by atoms with van der Waals surface area (Å²) >= 11 is 0. The second-order valence-corrected chi connectivity index (χ2v) is 4.57. The van der Waals surface area contributed by atoms with Gasteiger partial charge in [-0.25, -0.2) is 4.98 Å². The summed E-state index contributed by atoms with van der Waals surface area (Å²) in [5.41, 5.74) is 7.81. The van der Waals surface area contributed by atoms with Gasteiger partial charge in [0, 0.05) is 24.6 Å². The maximum atomic E-state index is 5.94. The highest BCUT2D eigenvalue weighted by Crippen LogP contribution is 2.33. The zero-order valence-corrected chi connectivity index (χ0v) is 10.4. The Hall–Kier alpha value is -1.75. The molecule has 0 fully saturated rings. The van der Waals surface area contributed by atoms with Gasteiger partial charge in [-0.1, -0.05) is 6.92 Å². The fraction of sp³-hybridized carbons (Fsp3) is 0.462. The summed E-state index contributed by atoms with van der Waals surface area (Å²) in [6, 6.07) is 4.01. The van der Waals surface area contributed by atoms with E-state index in [0.29, 0.717) is 13.2 Å². The van der Waals surface area contributed by atoms with Crippen LogP contribution in [0.4, 0.5) is 0 Å². The molecule has 0 radical (unpaired) electrons. The smallest absolute Gasteiger partial charge is 0.163 e. The van der Waals surface area contributed by atoms with Gasteiger partial charge in [0.05, 0.1) is 11.0 Å². The highest BCUT2D eigenvalue weighted by atomic mass is 16.6. The highest BCUT2D eigenvalue weighted by Gasteiger charge is 2.15. The van der Waals surface area contributed by atoms with E-state index in [9.17, 15) is 0 Å². The number of benzene rings is 1. The first kappa shape index (κ1) is 11.3. The van der Waals surface area contributed by atoms with Gasteiger partial charge in [-0.3, -0.25) is 0 Å². The number of rotatable bonds is 3. The summed E-state index contributed by atoms with van der Waals surface area (Å²) < 4.78 is 11.1. The fourth-order valence-corrected chi connectivity index (χ4v) is 2.09. The van der Waals surface area contributed by atoms with Crippen LogP contribution in [0.3, 0.4) is 0 Å². The molecule has 0 bridgehead atoms. The molecular weight excluding hydrogens is 230 g/mol. The predicted molar refractivity (Wildman–Crippen MR) is 69.1 cm³/mol. The molecule has 0 saturated carbocycles. The summed E-state index contributed by atoms with van der Waals surface area (Å²) in [5.74, 6) is 2.47. The number of ether oxygens (including phenoxy) is 2. The topological polar surface area (TPSA) is 73.2 Å². The summed E-state index contributed by atoms with van der Waals surface area (Å²) in [5, 5.41) is 0. The van der Waals surface area contributed by atoms with Gasteiger partial charge in [0.25, 0.3) is 0 Å². The first-order valence-electron chi connectivity index (χ1n) is 6.30. The van der Waals surface area contributed by atoms with E-state index in [1.807, 2.05) is 12.1 Å². The molecule has 1 unspecified atom stereocenters. The van der Waals surface area contributed by atoms with E-state index in [1.54, 1.807) is 0 Å². The minimum absolute atomic E-state index is 0.146. The molecule has 1 aliphatic heterocycles. The number of aromatic amines is 1. The van der Waals surface area contributed by atoms with Crippen LogP contribution in [0.25, 0.3) is 11.0 Å². The molecule has 0 aliphatic carbocycles. The minimum Gasteiger partial charge on any atom is -0.486 e. The van der Waals surface area contributed by atoms with E-state index in [1.165, 1.54) is 0 Å². The summed E-state index contributed by atoms with van der Waals surface area (Å²) in [6.07, 6.45) is 1.71. The number of aromatic nitrogens is 2. The largest absolute Gasteiger partial charge is 0.486 e. The summed E-state index contributed by atoms with van der Waals surface area (Å²) in [4.78, 5) is 7.82. The van der Waals surface area contributed by atoms with Crippen molar-refractivity contribution in [2.75, 3.05) is 13.2 Å². The number of imidazole rings is 1. The SMILES string of the molecule is CCC(N)Cc1nc2cc3c(cc2[nH]1)OCCO3. The lowest BCUT2D eigenvalue weighted by Crippen LogP contribution is -2.21. The predicted octanol–water partition coefficient (Wildman–Crippen LogP) is 1.61. The highest BCUT2D eigenvalue weighted by molar-refractivity contribution is 5.79. The van der Waals surface area contributed by atoms with Crippen LogP contribution in [0.5, 0.6) is 11.5 Å². The molecule has 2 aromatic rings. The van der Waals surface area contributed by atoms with Gasteiger partial charge < -0.3 is 20.2 Å². The molecule has 5 heteroatoms. The Morgan fingerprint density at radius 2 is 2.06 bits per heavy atom. The number of nitrogens with one attached hydrogen (secondary N) is 1. The zero-order chi connectivity index (χ0) is 12.5. The van der Waals surface area contributed by atoms with Crippen LogP contribution in [0.2, 0.25) is 0 Å². The number of H-pyrrole nitrogens is 1. The van der Waals surface area contributed by atoms with Crippen LogP contribution >= 0.6 is 0 Å². The molecule has 0 amide bonds. The third kappa shape index (κ3) is 2.01. The number of nitrogens with zero attached hydrogens (tertiary/aromatic N) is 1. The van der Waals surface area contributed by atoms with Crippen LogP contribution in [0.1, 0.15) is 19.2 Å². The average Bonchev–Trinajstić information content (AvgIpc) is 2.76. The van der Waals surface area contributed by atoms with E-state index in [-0.39, 0.29) is 6.04 Å². The average molecular weight is 247 g/mol. The molecule has 1 aromatic heterocycles. The fourth-order valence-electron chi connectivity index (χ4n) is 2.09. The van der Waals surface area contributed by atoms with Crippen LogP contribution in [-0.4, -0.2) is 29.2 Å². The van der Waals surface area contributed by atoms with E-state index in [4.69, 9.17) is 15.2 Å². The molecule has 3 N–H and O–H groups in total. The summed E-state index contributed by atoms with van der Waals surface area (Å²) in [7, 11) is 0. The van der Waals surface area contributed by atoms with Gasteiger partial charge in [0.15, 0.2) is 11.5 Å². The molecular formula is C13H17N3O2. The first-order valence-corrected chi connectivity index (χ1v) is 6.30. The van der Waals surface area contributed by atoms with Gasteiger partial charge >= 0.3 is 0 Å². The molecule has 96 valence electrons. The van der Waals surface area contributed by atoms with E-state index < -0.39 is 0 Å². The second-order valence-electron chi connectivity index (χ2n) is 4.57. The zero-order valence-electron chi connectivity index (χ0n) is 10.4. The molecule has 0 spiro atoms. The molecule has 1 atom stereocenters. The Labute approximate surface area is 105 Å². The molecule has 3 rings (SSSR count). The lowest BCUT2D eigenvalue weighted by atomic mass is 10.2. The molecule has 18 heavy (non-hydrogen) atoms.